The molecule has 27 heavy (non-hydrogen) atoms. The van der Waals surface area contributed by atoms with E-state index in [0.717, 1.165) is 10.0 Å². The first-order valence-corrected chi connectivity index (χ1v) is 10.4. The molecule has 0 aromatic heterocycles. The number of nitrogens with one attached hydrogen (secondary N) is 2. The van der Waals surface area contributed by atoms with Crippen molar-refractivity contribution in [2.75, 3.05) is 20.8 Å². The molecule has 2 N–H and O–H groups in total. The van der Waals surface area contributed by atoms with Crippen molar-refractivity contribution in [1.82, 2.24) is 10.0 Å². The normalized spacial score (nSPS) is 11.1. The van der Waals surface area contributed by atoms with E-state index in [4.69, 9.17) is 9.47 Å². The Morgan fingerprint density at radius 3 is 2.41 bits per heavy atom. The fraction of sp³-hybridized carbons (Fsp3) is 0.278. The van der Waals surface area contributed by atoms with Gasteiger partial charge in [0.1, 0.15) is 11.5 Å². The molecule has 0 saturated heterocycles. The van der Waals surface area contributed by atoms with Gasteiger partial charge in [0.15, 0.2) is 0 Å². The van der Waals surface area contributed by atoms with Crippen LogP contribution in [0.1, 0.15) is 12.0 Å². The maximum Gasteiger partial charge on any atom is 0.240 e. The molecular weight excluding hydrogens is 436 g/mol. The fourth-order valence-corrected chi connectivity index (χ4v) is 3.59. The molecule has 0 saturated carbocycles. The summed E-state index contributed by atoms with van der Waals surface area (Å²) in [6.07, 6.45) is 0.0159. The second kappa shape index (κ2) is 9.72. The van der Waals surface area contributed by atoms with Gasteiger partial charge in [-0.2, -0.15) is 0 Å². The average Bonchev–Trinajstić information content (AvgIpc) is 2.66. The molecule has 0 unspecified atom stereocenters. The molecule has 0 bridgehead atoms. The maximum atomic E-state index is 12.2. The Labute approximate surface area is 167 Å². The smallest absolute Gasteiger partial charge is 0.240 e. The molecule has 0 spiro atoms. The highest BCUT2D eigenvalue weighted by Gasteiger charge is 2.14. The van der Waals surface area contributed by atoms with Crippen LogP contribution in [0.5, 0.6) is 11.5 Å². The number of amides is 1. The van der Waals surface area contributed by atoms with Crippen LogP contribution in [0.15, 0.2) is 51.8 Å². The van der Waals surface area contributed by atoms with E-state index in [1.54, 1.807) is 44.6 Å². The van der Waals surface area contributed by atoms with Crippen molar-refractivity contribution in [3.63, 3.8) is 0 Å². The van der Waals surface area contributed by atoms with Crippen LogP contribution in [-0.2, 0) is 21.4 Å². The van der Waals surface area contributed by atoms with Crippen molar-refractivity contribution >= 4 is 31.9 Å². The van der Waals surface area contributed by atoms with Crippen LogP contribution in [0.3, 0.4) is 0 Å². The highest BCUT2D eigenvalue weighted by atomic mass is 79.9. The zero-order valence-corrected chi connectivity index (χ0v) is 17.4. The number of rotatable bonds is 9. The monoisotopic (exact) mass is 456 g/mol. The summed E-state index contributed by atoms with van der Waals surface area (Å²) in [5, 5.41) is 2.74. The van der Waals surface area contributed by atoms with Gasteiger partial charge in [-0.25, -0.2) is 13.1 Å². The molecule has 0 radical (unpaired) electrons. The maximum absolute atomic E-state index is 12.2. The number of benzene rings is 2. The number of carbonyl (C=O) groups excluding carboxylic acids is 1. The number of halogens is 1. The standard InChI is InChI=1S/C18H21BrN2O5S/c1-25-15-5-8-17(26-2)13(11-15)12-20-18(22)9-10-21-27(23,24)16-6-3-14(19)4-7-16/h3-8,11,21H,9-10,12H2,1-2H3,(H,20,22). The van der Waals surface area contributed by atoms with Gasteiger partial charge in [0, 0.05) is 29.5 Å². The van der Waals surface area contributed by atoms with Gasteiger partial charge in [-0.3, -0.25) is 4.79 Å². The molecule has 0 aliphatic carbocycles. The lowest BCUT2D eigenvalue weighted by molar-refractivity contribution is -0.121. The molecule has 0 aliphatic heterocycles. The van der Waals surface area contributed by atoms with E-state index in [2.05, 4.69) is 26.0 Å². The lowest BCUT2D eigenvalue weighted by atomic mass is 10.2. The molecule has 0 heterocycles. The SMILES string of the molecule is COc1ccc(OC)c(CNC(=O)CCNS(=O)(=O)c2ccc(Br)cc2)c1. The number of hydrogen-bond acceptors (Lipinski definition) is 5. The van der Waals surface area contributed by atoms with Crippen LogP contribution in [-0.4, -0.2) is 35.1 Å². The van der Waals surface area contributed by atoms with Crippen molar-refractivity contribution in [1.29, 1.82) is 0 Å². The van der Waals surface area contributed by atoms with E-state index < -0.39 is 10.0 Å². The Hall–Kier alpha value is -2.10. The second-order valence-corrected chi connectivity index (χ2v) is 8.24. The molecule has 9 heteroatoms. The Bertz CT molecular complexity index is 885. The van der Waals surface area contributed by atoms with Gasteiger partial charge in [0.25, 0.3) is 0 Å². The van der Waals surface area contributed by atoms with E-state index in [-0.39, 0.29) is 30.3 Å². The van der Waals surface area contributed by atoms with E-state index in [0.29, 0.717) is 11.5 Å². The predicted octanol–water partition coefficient (Wildman–Crippen LogP) is 2.45. The highest BCUT2D eigenvalue weighted by Crippen LogP contribution is 2.23. The van der Waals surface area contributed by atoms with Crippen LogP contribution in [0.4, 0.5) is 0 Å². The van der Waals surface area contributed by atoms with Crippen molar-refractivity contribution in [2.45, 2.75) is 17.9 Å². The molecule has 7 nitrogen and oxygen atoms in total. The van der Waals surface area contributed by atoms with Gasteiger partial charge in [0.05, 0.1) is 19.1 Å². The molecule has 0 aliphatic rings. The molecule has 1 amide bonds. The molecule has 2 aromatic rings. The van der Waals surface area contributed by atoms with Crippen molar-refractivity contribution in [3.05, 3.63) is 52.5 Å². The Kier molecular flexibility index (Phi) is 7.64. The number of carbonyl (C=O) groups is 1. The molecular formula is C18H21BrN2O5S. The number of methoxy groups -OCH3 is 2. The average molecular weight is 457 g/mol. The molecule has 0 atom stereocenters. The summed E-state index contributed by atoms with van der Waals surface area (Å²) in [5.74, 6) is 1.01. The number of sulfonamides is 1. The lowest BCUT2D eigenvalue weighted by Crippen LogP contribution is -2.30. The molecule has 0 fully saturated rings. The van der Waals surface area contributed by atoms with E-state index >= 15 is 0 Å². The van der Waals surface area contributed by atoms with Crippen LogP contribution in [0, 0.1) is 0 Å². The minimum atomic E-state index is -3.65. The molecule has 2 rings (SSSR count). The first-order chi connectivity index (χ1) is 12.9. The molecule has 146 valence electrons. The largest absolute Gasteiger partial charge is 0.497 e. The van der Waals surface area contributed by atoms with E-state index in [1.807, 2.05) is 0 Å². The third-order valence-corrected chi connectivity index (χ3v) is 5.74. The predicted molar refractivity (Wildman–Crippen MR) is 105 cm³/mol. The number of hydrogen-bond donors (Lipinski definition) is 2. The summed E-state index contributed by atoms with van der Waals surface area (Å²) in [5.41, 5.74) is 0.764. The molecule has 2 aromatic carbocycles. The summed E-state index contributed by atoms with van der Waals surface area (Å²) < 4.78 is 38.0. The van der Waals surface area contributed by atoms with Crippen LogP contribution in [0.25, 0.3) is 0 Å². The van der Waals surface area contributed by atoms with Gasteiger partial charge in [0.2, 0.25) is 15.9 Å². The summed E-state index contributed by atoms with van der Waals surface area (Å²) in [6, 6.07) is 11.6. The fourth-order valence-electron chi connectivity index (χ4n) is 2.30. The minimum absolute atomic E-state index is 0.000520. The number of ether oxygens (including phenoxy) is 2. The highest BCUT2D eigenvalue weighted by molar-refractivity contribution is 9.10. The summed E-state index contributed by atoms with van der Waals surface area (Å²) in [6.45, 7) is 0.248. The van der Waals surface area contributed by atoms with Gasteiger partial charge in [-0.05, 0) is 42.5 Å². The summed E-state index contributed by atoms with van der Waals surface area (Å²) in [7, 11) is -0.544. The summed E-state index contributed by atoms with van der Waals surface area (Å²) >= 11 is 3.25. The second-order valence-electron chi connectivity index (χ2n) is 5.56. The topological polar surface area (TPSA) is 93.7 Å². The van der Waals surface area contributed by atoms with Crippen LogP contribution >= 0.6 is 15.9 Å². The minimum Gasteiger partial charge on any atom is -0.497 e. The van der Waals surface area contributed by atoms with Gasteiger partial charge in [-0.15, -0.1) is 0 Å². The van der Waals surface area contributed by atoms with E-state index in [9.17, 15) is 13.2 Å². The zero-order chi connectivity index (χ0) is 19.9. The van der Waals surface area contributed by atoms with Crippen LogP contribution < -0.4 is 19.5 Å². The summed E-state index contributed by atoms with van der Waals surface area (Å²) in [4.78, 5) is 12.2. The zero-order valence-electron chi connectivity index (χ0n) is 15.0. The Balaban J connectivity index is 1.85. The van der Waals surface area contributed by atoms with Gasteiger partial charge >= 0.3 is 0 Å². The van der Waals surface area contributed by atoms with Crippen molar-refractivity contribution in [3.8, 4) is 11.5 Å². The third kappa shape index (κ3) is 6.23. The first-order valence-electron chi connectivity index (χ1n) is 8.08. The van der Waals surface area contributed by atoms with Crippen LogP contribution in [0.2, 0.25) is 0 Å². The lowest BCUT2D eigenvalue weighted by Gasteiger charge is -2.12. The van der Waals surface area contributed by atoms with Crippen molar-refractivity contribution in [2.24, 2.45) is 0 Å². The Morgan fingerprint density at radius 1 is 1.07 bits per heavy atom. The first kappa shape index (κ1) is 21.2. The Morgan fingerprint density at radius 2 is 1.78 bits per heavy atom. The van der Waals surface area contributed by atoms with E-state index in [1.165, 1.54) is 12.1 Å². The van der Waals surface area contributed by atoms with Gasteiger partial charge in [-0.1, -0.05) is 15.9 Å². The van der Waals surface area contributed by atoms with Crippen molar-refractivity contribution < 1.29 is 22.7 Å². The third-order valence-electron chi connectivity index (χ3n) is 3.73. The van der Waals surface area contributed by atoms with Gasteiger partial charge < -0.3 is 14.8 Å². The quantitative estimate of drug-likeness (QED) is 0.604.